The van der Waals surface area contributed by atoms with Crippen LogP contribution in [0.3, 0.4) is 0 Å². The van der Waals surface area contributed by atoms with E-state index in [0.717, 1.165) is 5.56 Å². The van der Waals surface area contributed by atoms with E-state index in [9.17, 15) is 18.8 Å². The number of nitrogens with zero attached hydrogens (tertiary/aromatic N) is 1. The molecule has 2 aromatic carbocycles. The van der Waals surface area contributed by atoms with E-state index in [4.69, 9.17) is 0 Å². The first-order valence-electron chi connectivity index (χ1n) is 7.52. The van der Waals surface area contributed by atoms with Crippen LogP contribution in [-0.4, -0.2) is 12.5 Å². The smallest absolute Gasteiger partial charge is 0.387 e. The molecule has 0 bridgehead atoms. The van der Waals surface area contributed by atoms with Crippen LogP contribution < -0.4 is 10.1 Å². The Bertz CT molecular complexity index is 781. The molecule has 2 rings (SSSR count). The van der Waals surface area contributed by atoms with Crippen molar-refractivity contribution in [2.45, 2.75) is 19.6 Å². The zero-order valence-electron chi connectivity index (χ0n) is 13.4. The van der Waals surface area contributed by atoms with Gasteiger partial charge in [0, 0.05) is 0 Å². The lowest BCUT2D eigenvalue weighted by Gasteiger charge is -2.13. The van der Waals surface area contributed by atoms with Crippen molar-refractivity contribution in [3.05, 3.63) is 71.3 Å². The van der Waals surface area contributed by atoms with E-state index in [1.165, 1.54) is 30.3 Å². The molecule has 1 atom stereocenters. The molecule has 0 spiro atoms. The average Bonchev–Trinajstić information content (AvgIpc) is 2.61. The predicted octanol–water partition coefficient (Wildman–Crippen LogP) is 4.07. The molecule has 4 nitrogen and oxygen atoms in total. The maximum Gasteiger partial charge on any atom is 0.387 e. The maximum atomic E-state index is 12.2. The predicted molar refractivity (Wildman–Crippen MR) is 89.7 cm³/mol. The molecular formula is C19H16F2N2O2. The summed E-state index contributed by atoms with van der Waals surface area (Å²) in [7, 11) is 0. The van der Waals surface area contributed by atoms with Crippen molar-refractivity contribution >= 4 is 12.0 Å². The second-order valence-electron chi connectivity index (χ2n) is 5.22. The molecule has 0 radical (unpaired) electrons. The van der Waals surface area contributed by atoms with Crippen LogP contribution in [0.4, 0.5) is 8.78 Å². The van der Waals surface area contributed by atoms with Crippen molar-refractivity contribution < 1.29 is 18.3 Å². The van der Waals surface area contributed by atoms with Gasteiger partial charge in [-0.25, -0.2) is 0 Å². The molecule has 0 heterocycles. The number of benzene rings is 2. The van der Waals surface area contributed by atoms with Gasteiger partial charge in [-0.15, -0.1) is 0 Å². The van der Waals surface area contributed by atoms with E-state index in [1.807, 2.05) is 43.3 Å². The molecule has 0 saturated carbocycles. The highest BCUT2D eigenvalue weighted by Crippen LogP contribution is 2.17. The third-order valence-corrected chi connectivity index (χ3v) is 3.43. The topological polar surface area (TPSA) is 62.1 Å². The highest BCUT2D eigenvalue weighted by molar-refractivity contribution is 6.01. The number of nitriles is 1. The average molecular weight is 342 g/mol. The zero-order chi connectivity index (χ0) is 18.2. The molecule has 6 heteroatoms. The Morgan fingerprint density at radius 3 is 2.36 bits per heavy atom. The minimum atomic E-state index is -2.90. The third-order valence-electron chi connectivity index (χ3n) is 3.43. The monoisotopic (exact) mass is 342 g/mol. The first-order chi connectivity index (χ1) is 12.0. The lowest BCUT2D eigenvalue weighted by molar-refractivity contribution is -0.117. The molecule has 25 heavy (non-hydrogen) atoms. The number of alkyl halides is 2. The minimum absolute atomic E-state index is 0.00723. The van der Waals surface area contributed by atoms with E-state index < -0.39 is 12.5 Å². The number of ether oxygens (including phenoxy) is 1. The number of amides is 1. The Kier molecular flexibility index (Phi) is 6.24. The van der Waals surface area contributed by atoms with E-state index in [2.05, 4.69) is 10.1 Å². The Balaban J connectivity index is 2.09. The van der Waals surface area contributed by atoms with E-state index in [1.54, 1.807) is 0 Å². The van der Waals surface area contributed by atoms with Gasteiger partial charge in [0.2, 0.25) is 0 Å². The van der Waals surface area contributed by atoms with Crippen LogP contribution in [0.5, 0.6) is 5.75 Å². The molecule has 1 N–H and O–H groups in total. The number of nitrogens with one attached hydrogen (secondary N) is 1. The molecule has 1 unspecified atom stereocenters. The van der Waals surface area contributed by atoms with E-state index in [-0.39, 0.29) is 17.4 Å². The van der Waals surface area contributed by atoms with Gasteiger partial charge < -0.3 is 10.1 Å². The van der Waals surface area contributed by atoms with Gasteiger partial charge in [-0.2, -0.15) is 14.0 Å². The fourth-order valence-corrected chi connectivity index (χ4v) is 2.16. The van der Waals surface area contributed by atoms with Crippen LogP contribution in [-0.2, 0) is 4.79 Å². The third kappa shape index (κ3) is 5.43. The number of halogens is 2. The van der Waals surface area contributed by atoms with Gasteiger partial charge in [-0.05, 0) is 36.3 Å². The zero-order valence-corrected chi connectivity index (χ0v) is 13.4. The fourth-order valence-electron chi connectivity index (χ4n) is 2.16. The molecule has 1 amide bonds. The van der Waals surface area contributed by atoms with Gasteiger partial charge in [0.1, 0.15) is 17.4 Å². The summed E-state index contributed by atoms with van der Waals surface area (Å²) in [6.45, 7) is -1.08. The number of hydrogen-bond donors (Lipinski definition) is 1. The van der Waals surface area contributed by atoms with Crippen LogP contribution in [0.1, 0.15) is 24.1 Å². The van der Waals surface area contributed by atoms with Crippen molar-refractivity contribution in [2.75, 3.05) is 0 Å². The highest BCUT2D eigenvalue weighted by atomic mass is 19.3. The Morgan fingerprint density at radius 2 is 1.80 bits per heavy atom. The molecule has 0 aliphatic heterocycles. The van der Waals surface area contributed by atoms with Crippen LogP contribution in [0.25, 0.3) is 6.08 Å². The SMILES string of the molecule is CC(NC(=O)/C(C#N)=C/c1ccc(OC(F)F)cc1)c1ccccc1. The first-order valence-corrected chi connectivity index (χ1v) is 7.52. The number of rotatable bonds is 6. The lowest BCUT2D eigenvalue weighted by Crippen LogP contribution is -2.27. The molecular weight excluding hydrogens is 326 g/mol. The fraction of sp³-hybridized carbons (Fsp3) is 0.158. The Labute approximate surface area is 144 Å². The number of hydrogen-bond acceptors (Lipinski definition) is 3. The van der Waals surface area contributed by atoms with E-state index >= 15 is 0 Å². The van der Waals surface area contributed by atoms with Crippen molar-refractivity contribution in [3.63, 3.8) is 0 Å². The standard InChI is InChI=1S/C19H16F2N2O2/c1-13(15-5-3-2-4-6-15)23-18(24)16(12-22)11-14-7-9-17(10-8-14)25-19(20)21/h2-11,13,19H,1H3,(H,23,24)/b16-11+. The summed E-state index contributed by atoms with van der Waals surface area (Å²) in [5.74, 6) is -0.500. The van der Waals surface area contributed by atoms with Gasteiger partial charge in [-0.1, -0.05) is 42.5 Å². The summed E-state index contributed by atoms with van der Waals surface area (Å²) >= 11 is 0. The van der Waals surface area contributed by atoms with Gasteiger partial charge in [-0.3, -0.25) is 4.79 Å². The molecule has 0 aromatic heterocycles. The van der Waals surface area contributed by atoms with Crippen LogP contribution in [0, 0.1) is 11.3 Å². The van der Waals surface area contributed by atoms with Crippen molar-refractivity contribution in [2.24, 2.45) is 0 Å². The Hall–Kier alpha value is -3.20. The quantitative estimate of drug-likeness (QED) is 0.636. The van der Waals surface area contributed by atoms with Crippen molar-refractivity contribution in [3.8, 4) is 11.8 Å². The van der Waals surface area contributed by atoms with Crippen LogP contribution in [0.15, 0.2) is 60.2 Å². The molecule has 0 saturated heterocycles. The van der Waals surface area contributed by atoms with Gasteiger partial charge in [0.05, 0.1) is 6.04 Å². The molecule has 128 valence electrons. The number of carbonyl (C=O) groups is 1. The summed E-state index contributed by atoms with van der Waals surface area (Å²) in [5.41, 5.74) is 1.37. The van der Waals surface area contributed by atoms with Gasteiger partial charge in [0.25, 0.3) is 5.91 Å². The molecule has 2 aromatic rings. The summed E-state index contributed by atoms with van der Waals surface area (Å²) in [6.07, 6.45) is 1.39. The van der Waals surface area contributed by atoms with Gasteiger partial charge >= 0.3 is 6.61 Å². The number of carbonyl (C=O) groups excluding carboxylic acids is 1. The second-order valence-corrected chi connectivity index (χ2v) is 5.22. The molecule has 0 aliphatic rings. The highest BCUT2D eigenvalue weighted by Gasteiger charge is 2.13. The van der Waals surface area contributed by atoms with Crippen molar-refractivity contribution in [1.82, 2.24) is 5.32 Å². The van der Waals surface area contributed by atoms with Gasteiger partial charge in [0.15, 0.2) is 0 Å². The molecule has 0 aliphatic carbocycles. The molecule has 0 fully saturated rings. The summed E-state index contributed by atoms with van der Waals surface area (Å²) in [4.78, 5) is 12.2. The summed E-state index contributed by atoms with van der Waals surface area (Å²) in [6, 6.07) is 16.6. The first kappa shape index (κ1) is 18.1. The summed E-state index contributed by atoms with van der Waals surface area (Å²) in [5, 5.41) is 12.0. The lowest BCUT2D eigenvalue weighted by atomic mass is 10.1. The Morgan fingerprint density at radius 1 is 1.16 bits per heavy atom. The summed E-state index contributed by atoms with van der Waals surface area (Å²) < 4.78 is 28.5. The van der Waals surface area contributed by atoms with Crippen molar-refractivity contribution in [1.29, 1.82) is 5.26 Å². The van der Waals surface area contributed by atoms with Crippen LogP contribution >= 0.6 is 0 Å². The largest absolute Gasteiger partial charge is 0.435 e. The second kappa shape index (κ2) is 8.60. The van der Waals surface area contributed by atoms with E-state index in [0.29, 0.717) is 5.56 Å². The maximum absolute atomic E-state index is 12.2. The normalized spacial score (nSPS) is 12.4. The van der Waals surface area contributed by atoms with Crippen LogP contribution in [0.2, 0.25) is 0 Å². The minimum Gasteiger partial charge on any atom is -0.435 e.